The molecule has 5 nitrogen and oxygen atoms in total. The Hall–Kier alpha value is -2.68. The molecule has 2 heterocycles. The first kappa shape index (κ1) is 18.7. The average molecular weight is 452 g/mol. The smallest absolute Gasteiger partial charge is 0.339 e. The molecule has 0 spiro atoms. The first-order chi connectivity index (χ1) is 13.3. The largest absolute Gasteiger partial charge is 0.416 e. The summed E-state index contributed by atoms with van der Waals surface area (Å²) in [6, 6.07) is 11.9. The van der Waals surface area contributed by atoms with Gasteiger partial charge in [-0.25, -0.2) is 0 Å². The van der Waals surface area contributed by atoms with Crippen molar-refractivity contribution in [1.82, 2.24) is 10.1 Å². The monoisotopic (exact) mass is 451 g/mol. The van der Waals surface area contributed by atoms with Gasteiger partial charge in [0.15, 0.2) is 0 Å². The maximum absolute atomic E-state index is 12.7. The summed E-state index contributed by atoms with van der Waals surface area (Å²) >= 11 is 3.36. The topological polar surface area (TPSA) is 59.2 Å². The standard InChI is InChI=1S/C19H13BrF3N3O2/c20-14-5-1-11(2-6-14)17-24-18(28-25-17)12-9-16(27)26(10-12)15-7-3-13(4-8-15)19(21,22)23/h1-8,12H,9-10H2. The molecule has 3 aromatic rings. The molecule has 144 valence electrons. The van der Waals surface area contributed by atoms with Crippen LogP contribution in [0.4, 0.5) is 18.9 Å². The van der Waals surface area contributed by atoms with E-state index in [1.54, 1.807) is 0 Å². The summed E-state index contributed by atoms with van der Waals surface area (Å²) in [5, 5.41) is 3.97. The van der Waals surface area contributed by atoms with E-state index in [2.05, 4.69) is 26.1 Å². The van der Waals surface area contributed by atoms with Gasteiger partial charge in [-0.05, 0) is 48.5 Å². The minimum absolute atomic E-state index is 0.156. The van der Waals surface area contributed by atoms with Gasteiger partial charge in [-0.2, -0.15) is 18.2 Å². The molecule has 28 heavy (non-hydrogen) atoms. The zero-order valence-electron chi connectivity index (χ0n) is 14.3. The molecule has 1 aliphatic rings. The molecular formula is C19H13BrF3N3O2. The normalized spacial score (nSPS) is 17.4. The van der Waals surface area contributed by atoms with Crippen molar-refractivity contribution in [2.75, 3.05) is 11.4 Å². The van der Waals surface area contributed by atoms with Crippen LogP contribution in [0.2, 0.25) is 0 Å². The number of hydrogen-bond donors (Lipinski definition) is 0. The van der Waals surface area contributed by atoms with Crippen molar-refractivity contribution in [2.24, 2.45) is 0 Å². The van der Waals surface area contributed by atoms with Crippen LogP contribution in [0.1, 0.15) is 23.8 Å². The van der Waals surface area contributed by atoms with E-state index in [-0.39, 0.29) is 24.8 Å². The molecule has 9 heteroatoms. The van der Waals surface area contributed by atoms with Crippen LogP contribution in [0.25, 0.3) is 11.4 Å². The average Bonchev–Trinajstić information content (AvgIpc) is 3.29. The molecule has 1 atom stereocenters. The van der Waals surface area contributed by atoms with E-state index >= 15 is 0 Å². The van der Waals surface area contributed by atoms with Gasteiger partial charge in [-0.1, -0.05) is 21.1 Å². The summed E-state index contributed by atoms with van der Waals surface area (Å²) in [5.74, 6) is 0.239. The molecule has 0 aliphatic carbocycles. The fourth-order valence-corrected chi connectivity index (χ4v) is 3.33. The van der Waals surface area contributed by atoms with Crippen molar-refractivity contribution < 1.29 is 22.5 Å². The van der Waals surface area contributed by atoms with Crippen LogP contribution >= 0.6 is 15.9 Å². The van der Waals surface area contributed by atoms with Crippen LogP contribution in [-0.4, -0.2) is 22.6 Å². The molecule has 1 unspecified atom stereocenters. The van der Waals surface area contributed by atoms with Crippen LogP contribution in [0.15, 0.2) is 57.5 Å². The highest BCUT2D eigenvalue weighted by molar-refractivity contribution is 9.10. The maximum Gasteiger partial charge on any atom is 0.416 e. The van der Waals surface area contributed by atoms with Crippen molar-refractivity contribution >= 4 is 27.5 Å². The number of benzene rings is 2. The number of hydrogen-bond acceptors (Lipinski definition) is 4. The van der Waals surface area contributed by atoms with Gasteiger partial charge in [0.1, 0.15) is 0 Å². The number of halogens is 4. The van der Waals surface area contributed by atoms with Gasteiger partial charge < -0.3 is 9.42 Å². The summed E-state index contributed by atoms with van der Waals surface area (Å²) in [7, 11) is 0. The van der Waals surface area contributed by atoms with E-state index in [9.17, 15) is 18.0 Å². The minimum atomic E-state index is -4.41. The lowest BCUT2D eigenvalue weighted by Crippen LogP contribution is -2.24. The van der Waals surface area contributed by atoms with Crippen LogP contribution in [-0.2, 0) is 11.0 Å². The Kier molecular flexibility index (Phi) is 4.70. The van der Waals surface area contributed by atoms with Gasteiger partial charge in [0.25, 0.3) is 0 Å². The minimum Gasteiger partial charge on any atom is -0.339 e. The summed E-state index contributed by atoms with van der Waals surface area (Å²) in [6.07, 6.45) is -4.26. The molecule has 4 rings (SSSR count). The SMILES string of the molecule is O=C1CC(c2nc(-c3ccc(Br)cc3)no2)CN1c1ccc(C(F)(F)F)cc1. The van der Waals surface area contributed by atoms with Crippen molar-refractivity contribution in [3.63, 3.8) is 0 Å². The van der Waals surface area contributed by atoms with Gasteiger partial charge in [-0.15, -0.1) is 0 Å². The first-order valence-electron chi connectivity index (χ1n) is 8.38. The Morgan fingerprint density at radius 1 is 1.07 bits per heavy atom. The summed E-state index contributed by atoms with van der Waals surface area (Å²) in [5.41, 5.74) is 0.436. The van der Waals surface area contributed by atoms with Crippen molar-refractivity contribution in [2.45, 2.75) is 18.5 Å². The summed E-state index contributed by atoms with van der Waals surface area (Å²) < 4.78 is 44.4. The molecule has 1 aromatic heterocycles. The number of amides is 1. The lowest BCUT2D eigenvalue weighted by atomic mass is 10.1. The molecular weight excluding hydrogens is 439 g/mol. The van der Waals surface area contributed by atoms with Gasteiger partial charge in [-0.3, -0.25) is 4.79 Å². The molecule has 0 bridgehead atoms. The molecule has 1 saturated heterocycles. The highest BCUT2D eigenvalue weighted by atomic mass is 79.9. The van der Waals surface area contributed by atoms with Crippen LogP contribution in [0, 0.1) is 0 Å². The molecule has 0 N–H and O–H groups in total. The Labute approximate surface area is 166 Å². The number of carbonyl (C=O) groups excluding carboxylic acids is 1. The van der Waals surface area contributed by atoms with Gasteiger partial charge in [0.05, 0.1) is 11.5 Å². The number of anilines is 1. The van der Waals surface area contributed by atoms with E-state index in [1.807, 2.05) is 24.3 Å². The highest BCUT2D eigenvalue weighted by Crippen LogP contribution is 2.34. The molecule has 1 fully saturated rings. The molecule has 2 aromatic carbocycles. The fraction of sp³-hybridized carbons (Fsp3) is 0.211. The van der Waals surface area contributed by atoms with Gasteiger partial charge >= 0.3 is 6.18 Å². The molecule has 1 amide bonds. The second-order valence-corrected chi connectivity index (χ2v) is 7.33. The van der Waals surface area contributed by atoms with Crippen molar-refractivity contribution in [3.05, 3.63) is 64.5 Å². The Balaban J connectivity index is 1.51. The summed E-state index contributed by atoms with van der Waals surface area (Å²) in [4.78, 5) is 18.2. The number of aromatic nitrogens is 2. The van der Waals surface area contributed by atoms with E-state index in [0.29, 0.717) is 17.4 Å². The predicted octanol–water partition coefficient (Wildman–Crippen LogP) is 5.04. The number of alkyl halides is 3. The third kappa shape index (κ3) is 3.66. The van der Waals surface area contributed by atoms with Crippen LogP contribution in [0.3, 0.4) is 0 Å². The summed E-state index contributed by atoms with van der Waals surface area (Å²) in [6.45, 7) is 0.270. The highest BCUT2D eigenvalue weighted by Gasteiger charge is 2.36. The first-order valence-corrected chi connectivity index (χ1v) is 9.18. The second kappa shape index (κ2) is 7.05. The van der Waals surface area contributed by atoms with Gasteiger partial charge in [0, 0.05) is 28.7 Å². The Morgan fingerprint density at radius 2 is 1.75 bits per heavy atom. The Bertz CT molecular complexity index is 1000. The third-order valence-electron chi connectivity index (χ3n) is 4.52. The molecule has 0 radical (unpaired) electrons. The third-order valence-corrected chi connectivity index (χ3v) is 5.05. The van der Waals surface area contributed by atoms with Gasteiger partial charge in [0.2, 0.25) is 17.6 Å². The maximum atomic E-state index is 12.7. The van der Waals surface area contributed by atoms with E-state index in [4.69, 9.17) is 4.52 Å². The van der Waals surface area contributed by atoms with E-state index in [1.165, 1.54) is 17.0 Å². The predicted molar refractivity (Wildman–Crippen MR) is 98.6 cm³/mol. The molecule has 0 saturated carbocycles. The van der Waals surface area contributed by atoms with Crippen LogP contribution in [0.5, 0.6) is 0 Å². The number of nitrogens with zero attached hydrogens (tertiary/aromatic N) is 3. The number of rotatable bonds is 3. The fourth-order valence-electron chi connectivity index (χ4n) is 3.07. The van der Waals surface area contributed by atoms with E-state index in [0.717, 1.165) is 22.2 Å². The zero-order chi connectivity index (χ0) is 19.9. The zero-order valence-corrected chi connectivity index (χ0v) is 15.9. The molecule has 1 aliphatic heterocycles. The van der Waals surface area contributed by atoms with Crippen molar-refractivity contribution in [3.8, 4) is 11.4 Å². The number of carbonyl (C=O) groups is 1. The lowest BCUT2D eigenvalue weighted by molar-refractivity contribution is -0.137. The quantitative estimate of drug-likeness (QED) is 0.559. The van der Waals surface area contributed by atoms with Crippen LogP contribution < -0.4 is 4.90 Å². The van der Waals surface area contributed by atoms with Crippen molar-refractivity contribution in [1.29, 1.82) is 0 Å². The lowest BCUT2D eigenvalue weighted by Gasteiger charge is -2.17. The van der Waals surface area contributed by atoms with E-state index < -0.39 is 11.7 Å². The Morgan fingerprint density at radius 3 is 2.39 bits per heavy atom. The second-order valence-electron chi connectivity index (χ2n) is 6.41.